The fourth-order valence-electron chi connectivity index (χ4n) is 2.29. The molecule has 0 bridgehead atoms. The minimum Gasteiger partial charge on any atom is -0.460 e. The van der Waals surface area contributed by atoms with Crippen LogP contribution in [0.25, 0.3) is 0 Å². The Bertz CT molecular complexity index is 692. The molecule has 126 valence electrons. The molecule has 0 fully saturated rings. The molecule has 0 aliphatic heterocycles. The summed E-state index contributed by atoms with van der Waals surface area (Å²) in [6, 6.07) is 15.4. The first kappa shape index (κ1) is 17.7. The van der Waals surface area contributed by atoms with Gasteiger partial charge in [-0.15, -0.1) is 0 Å². The zero-order chi connectivity index (χ0) is 17.4. The molecule has 2 aromatic carbocycles. The van der Waals surface area contributed by atoms with Gasteiger partial charge in [0.2, 0.25) is 5.91 Å². The Morgan fingerprint density at radius 2 is 1.75 bits per heavy atom. The van der Waals surface area contributed by atoms with Gasteiger partial charge < -0.3 is 10.1 Å². The van der Waals surface area contributed by atoms with E-state index in [2.05, 4.69) is 5.32 Å². The van der Waals surface area contributed by atoms with Crippen LogP contribution in [0.15, 0.2) is 48.5 Å². The highest BCUT2D eigenvalue weighted by Gasteiger charge is 2.07. The van der Waals surface area contributed by atoms with E-state index in [-0.39, 0.29) is 18.5 Å². The van der Waals surface area contributed by atoms with E-state index in [4.69, 9.17) is 4.74 Å². The Morgan fingerprint density at radius 3 is 2.46 bits per heavy atom. The van der Waals surface area contributed by atoms with E-state index in [1.54, 1.807) is 12.1 Å². The summed E-state index contributed by atoms with van der Waals surface area (Å²) in [6.07, 6.45) is 1.13. The highest BCUT2D eigenvalue weighted by Crippen LogP contribution is 2.06. The second kappa shape index (κ2) is 8.87. The molecule has 4 nitrogen and oxygen atoms in total. The van der Waals surface area contributed by atoms with Crippen LogP contribution in [0.1, 0.15) is 33.5 Å². The van der Waals surface area contributed by atoms with Crippen LogP contribution in [0.5, 0.6) is 0 Å². The van der Waals surface area contributed by atoms with Gasteiger partial charge in [0, 0.05) is 6.42 Å². The molecule has 0 heterocycles. The van der Waals surface area contributed by atoms with Crippen molar-refractivity contribution in [2.75, 3.05) is 13.2 Å². The van der Waals surface area contributed by atoms with E-state index in [0.717, 1.165) is 11.1 Å². The van der Waals surface area contributed by atoms with Crippen LogP contribution in [0, 0.1) is 13.8 Å². The average molecular weight is 325 g/mol. The maximum atomic E-state index is 11.8. The van der Waals surface area contributed by atoms with E-state index in [9.17, 15) is 9.59 Å². The smallest absolute Gasteiger partial charge is 0.338 e. The predicted octanol–water partition coefficient (Wildman–Crippen LogP) is 3.21. The van der Waals surface area contributed by atoms with Gasteiger partial charge in [-0.1, -0.05) is 47.5 Å². The molecule has 24 heavy (non-hydrogen) atoms. The summed E-state index contributed by atoms with van der Waals surface area (Å²) in [5.74, 6) is -0.408. The van der Waals surface area contributed by atoms with Crippen molar-refractivity contribution in [3.8, 4) is 0 Å². The van der Waals surface area contributed by atoms with Crippen LogP contribution in [0.2, 0.25) is 0 Å². The third kappa shape index (κ3) is 5.88. The Hall–Kier alpha value is -2.62. The van der Waals surface area contributed by atoms with Crippen LogP contribution < -0.4 is 5.32 Å². The predicted molar refractivity (Wildman–Crippen MR) is 94.0 cm³/mol. The summed E-state index contributed by atoms with van der Waals surface area (Å²) in [5, 5.41) is 2.77. The number of hydrogen-bond acceptors (Lipinski definition) is 3. The summed E-state index contributed by atoms with van der Waals surface area (Å²) in [4.78, 5) is 23.6. The van der Waals surface area contributed by atoms with Crippen molar-refractivity contribution in [3.63, 3.8) is 0 Å². The molecule has 1 N–H and O–H groups in total. The lowest BCUT2D eigenvalue weighted by atomic mass is 10.1. The lowest BCUT2D eigenvalue weighted by Crippen LogP contribution is -2.28. The van der Waals surface area contributed by atoms with Gasteiger partial charge in [0.25, 0.3) is 0 Å². The summed E-state index contributed by atoms with van der Waals surface area (Å²) >= 11 is 0. The maximum Gasteiger partial charge on any atom is 0.338 e. The van der Waals surface area contributed by atoms with Gasteiger partial charge in [0.05, 0.1) is 12.1 Å². The largest absolute Gasteiger partial charge is 0.460 e. The topological polar surface area (TPSA) is 55.4 Å². The lowest BCUT2D eigenvalue weighted by Gasteiger charge is -2.07. The molecule has 2 rings (SSSR count). The van der Waals surface area contributed by atoms with E-state index in [1.165, 1.54) is 5.56 Å². The quantitative estimate of drug-likeness (QED) is 0.628. The van der Waals surface area contributed by atoms with Crippen molar-refractivity contribution in [3.05, 3.63) is 70.8 Å². The van der Waals surface area contributed by atoms with Crippen molar-refractivity contribution in [1.82, 2.24) is 5.32 Å². The van der Waals surface area contributed by atoms with Gasteiger partial charge >= 0.3 is 5.97 Å². The Kier molecular flexibility index (Phi) is 6.55. The zero-order valence-electron chi connectivity index (χ0n) is 14.2. The molecule has 2 aromatic rings. The third-order valence-corrected chi connectivity index (χ3v) is 3.67. The van der Waals surface area contributed by atoms with Crippen molar-refractivity contribution < 1.29 is 14.3 Å². The standard InChI is InChI=1S/C20H23NO3/c1-15-6-8-17(9-7-15)10-11-19(22)21-12-13-24-20(23)18-5-3-4-16(2)14-18/h3-9,14H,10-13H2,1-2H3,(H,21,22). The number of esters is 1. The van der Waals surface area contributed by atoms with Gasteiger partial charge in [0.1, 0.15) is 6.61 Å². The summed E-state index contributed by atoms with van der Waals surface area (Å²) < 4.78 is 5.16. The Morgan fingerprint density at radius 1 is 1.00 bits per heavy atom. The van der Waals surface area contributed by atoms with E-state index >= 15 is 0 Å². The third-order valence-electron chi connectivity index (χ3n) is 3.67. The SMILES string of the molecule is Cc1ccc(CCC(=O)NCCOC(=O)c2cccc(C)c2)cc1. The van der Waals surface area contributed by atoms with Gasteiger partial charge in [-0.3, -0.25) is 4.79 Å². The van der Waals surface area contributed by atoms with Crippen LogP contribution >= 0.6 is 0 Å². The average Bonchev–Trinajstić information content (AvgIpc) is 2.58. The minimum absolute atomic E-state index is 0.0396. The number of rotatable bonds is 7. The van der Waals surface area contributed by atoms with Gasteiger partial charge in [0.15, 0.2) is 0 Å². The second-order valence-corrected chi connectivity index (χ2v) is 5.84. The monoisotopic (exact) mass is 325 g/mol. The molecule has 0 aliphatic rings. The van der Waals surface area contributed by atoms with Crippen molar-refractivity contribution in [2.45, 2.75) is 26.7 Å². The van der Waals surface area contributed by atoms with Crippen LogP contribution in [-0.2, 0) is 16.0 Å². The maximum absolute atomic E-state index is 11.8. The van der Waals surface area contributed by atoms with Gasteiger partial charge in [-0.2, -0.15) is 0 Å². The number of aryl methyl sites for hydroxylation is 3. The number of hydrogen-bond donors (Lipinski definition) is 1. The number of ether oxygens (including phenoxy) is 1. The molecule has 0 unspecified atom stereocenters. The number of amides is 1. The fraction of sp³-hybridized carbons (Fsp3) is 0.300. The van der Waals surface area contributed by atoms with Gasteiger partial charge in [-0.25, -0.2) is 4.79 Å². The lowest BCUT2D eigenvalue weighted by molar-refractivity contribution is -0.121. The zero-order valence-corrected chi connectivity index (χ0v) is 14.2. The molecule has 0 spiro atoms. The molecular weight excluding hydrogens is 302 g/mol. The first-order valence-electron chi connectivity index (χ1n) is 8.10. The molecule has 4 heteroatoms. The number of benzene rings is 2. The first-order valence-corrected chi connectivity index (χ1v) is 8.10. The molecule has 0 aliphatic carbocycles. The molecule has 1 amide bonds. The fourth-order valence-corrected chi connectivity index (χ4v) is 2.29. The Balaban J connectivity index is 1.64. The molecule has 0 saturated heterocycles. The number of carbonyl (C=O) groups is 2. The molecule has 0 saturated carbocycles. The minimum atomic E-state index is -0.368. The summed E-state index contributed by atoms with van der Waals surface area (Å²) in [7, 11) is 0. The number of carbonyl (C=O) groups excluding carboxylic acids is 2. The second-order valence-electron chi connectivity index (χ2n) is 5.84. The van der Waals surface area contributed by atoms with E-state index in [0.29, 0.717) is 24.9 Å². The summed E-state index contributed by atoms with van der Waals surface area (Å²) in [5.41, 5.74) is 3.88. The van der Waals surface area contributed by atoms with Crippen LogP contribution in [-0.4, -0.2) is 25.0 Å². The molecule has 0 radical (unpaired) electrons. The van der Waals surface area contributed by atoms with E-state index < -0.39 is 0 Å². The Labute approximate surface area is 142 Å². The molecule has 0 aromatic heterocycles. The highest BCUT2D eigenvalue weighted by molar-refractivity contribution is 5.89. The van der Waals surface area contributed by atoms with Crippen molar-refractivity contribution >= 4 is 11.9 Å². The van der Waals surface area contributed by atoms with Crippen molar-refractivity contribution in [2.24, 2.45) is 0 Å². The van der Waals surface area contributed by atoms with Crippen LogP contribution in [0.3, 0.4) is 0 Å². The van der Waals surface area contributed by atoms with Crippen LogP contribution in [0.4, 0.5) is 0 Å². The number of nitrogens with one attached hydrogen (secondary N) is 1. The normalized spacial score (nSPS) is 10.2. The van der Waals surface area contributed by atoms with E-state index in [1.807, 2.05) is 50.2 Å². The first-order chi connectivity index (χ1) is 11.5. The van der Waals surface area contributed by atoms with Crippen molar-refractivity contribution in [1.29, 1.82) is 0 Å². The highest BCUT2D eigenvalue weighted by atomic mass is 16.5. The molecule has 0 atom stereocenters. The molecular formula is C20H23NO3. The van der Waals surface area contributed by atoms with Gasteiger partial charge in [-0.05, 0) is 38.0 Å². The summed E-state index contributed by atoms with van der Waals surface area (Å²) in [6.45, 7) is 4.45.